The maximum Gasteiger partial charge on any atom is 0.214 e. The molecule has 0 spiro atoms. The van der Waals surface area contributed by atoms with Crippen molar-refractivity contribution in [3.63, 3.8) is 0 Å². The summed E-state index contributed by atoms with van der Waals surface area (Å²) < 4.78 is 20.5. The molecule has 1 saturated heterocycles. The molecule has 7 nitrogen and oxygen atoms in total. The number of benzene rings is 1. The summed E-state index contributed by atoms with van der Waals surface area (Å²) in [5.41, 5.74) is 6.35. The fourth-order valence-electron chi connectivity index (χ4n) is 3.19. The lowest BCUT2D eigenvalue weighted by Crippen LogP contribution is -2.48. The molecule has 1 fully saturated rings. The third-order valence-corrected chi connectivity index (χ3v) is 5.84. The second-order valence-corrected chi connectivity index (χ2v) is 7.42. The highest BCUT2D eigenvalue weighted by Crippen LogP contribution is 2.34. The minimum absolute atomic E-state index is 0.274. The molecule has 0 radical (unpaired) electrons. The molecule has 1 aliphatic heterocycles. The number of rotatable bonds is 4. The summed E-state index contributed by atoms with van der Waals surface area (Å²) in [6.07, 6.45) is 2.94. The molecule has 4 rings (SSSR count). The SMILES string of the molecule is COc1cc(F)ccc1-c1cnc2sc(N3CCC(O)(CN)CC3)nn12. The van der Waals surface area contributed by atoms with Gasteiger partial charge in [0.05, 0.1) is 24.6 Å². The van der Waals surface area contributed by atoms with Crippen LogP contribution in [-0.4, -0.2) is 52.0 Å². The van der Waals surface area contributed by atoms with E-state index in [2.05, 4.69) is 15.0 Å². The van der Waals surface area contributed by atoms with Gasteiger partial charge in [0.25, 0.3) is 0 Å². The zero-order valence-electron chi connectivity index (χ0n) is 14.4. The van der Waals surface area contributed by atoms with Crippen LogP contribution < -0.4 is 15.4 Å². The summed E-state index contributed by atoms with van der Waals surface area (Å²) in [7, 11) is 1.51. The standard InChI is InChI=1S/C17H20FN5O2S/c1-25-14-8-11(18)2-3-12(14)13-9-20-15-23(13)21-16(26-15)22-6-4-17(24,10-19)5-7-22/h2-3,8-9,24H,4-7,10,19H2,1H3. The lowest BCUT2D eigenvalue weighted by atomic mass is 9.92. The van der Waals surface area contributed by atoms with Gasteiger partial charge < -0.3 is 20.5 Å². The molecular formula is C17H20FN5O2S. The molecule has 3 heterocycles. The molecular weight excluding hydrogens is 357 g/mol. The van der Waals surface area contributed by atoms with Gasteiger partial charge in [0, 0.05) is 31.3 Å². The van der Waals surface area contributed by atoms with Crippen molar-refractivity contribution in [1.29, 1.82) is 0 Å². The monoisotopic (exact) mass is 377 g/mol. The van der Waals surface area contributed by atoms with Crippen LogP contribution in [0.2, 0.25) is 0 Å². The molecule has 0 bridgehead atoms. The molecule has 3 aromatic rings. The Kier molecular flexibility index (Phi) is 4.29. The lowest BCUT2D eigenvalue weighted by Gasteiger charge is -2.37. The van der Waals surface area contributed by atoms with E-state index in [0.29, 0.717) is 31.7 Å². The molecule has 0 aliphatic carbocycles. The smallest absolute Gasteiger partial charge is 0.214 e. The number of hydrogen-bond donors (Lipinski definition) is 2. The largest absolute Gasteiger partial charge is 0.496 e. The van der Waals surface area contributed by atoms with E-state index in [1.165, 1.54) is 30.6 Å². The maximum atomic E-state index is 13.5. The van der Waals surface area contributed by atoms with Gasteiger partial charge in [-0.2, -0.15) is 0 Å². The maximum absolute atomic E-state index is 13.5. The Labute approximate surface area is 153 Å². The molecule has 0 amide bonds. The number of halogens is 1. The fourth-order valence-corrected chi connectivity index (χ4v) is 4.12. The van der Waals surface area contributed by atoms with Crippen LogP contribution in [0.15, 0.2) is 24.4 Å². The van der Waals surface area contributed by atoms with Gasteiger partial charge in [-0.1, -0.05) is 11.3 Å². The topological polar surface area (TPSA) is 88.9 Å². The fraction of sp³-hybridized carbons (Fsp3) is 0.412. The molecule has 0 atom stereocenters. The van der Waals surface area contributed by atoms with Crippen molar-refractivity contribution in [1.82, 2.24) is 14.6 Å². The Morgan fingerprint density at radius 3 is 2.85 bits per heavy atom. The van der Waals surface area contributed by atoms with Crippen molar-refractivity contribution in [3.8, 4) is 17.0 Å². The first-order valence-electron chi connectivity index (χ1n) is 8.39. The predicted molar refractivity (Wildman–Crippen MR) is 98.3 cm³/mol. The van der Waals surface area contributed by atoms with Gasteiger partial charge in [-0.05, 0) is 25.0 Å². The summed E-state index contributed by atoms with van der Waals surface area (Å²) >= 11 is 1.48. The Morgan fingerprint density at radius 1 is 1.38 bits per heavy atom. The van der Waals surface area contributed by atoms with E-state index in [-0.39, 0.29) is 12.4 Å². The van der Waals surface area contributed by atoms with Gasteiger partial charge in [-0.25, -0.2) is 13.9 Å². The molecule has 9 heteroatoms. The number of anilines is 1. The van der Waals surface area contributed by atoms with Crippen LogP contribution in [0.4, 0.5) is 9.52 Å². The van der Waals surface area contributed by atoms with E-state index in [1.54, 1.807) is 16.8 Å². The summed E-state index contributed by atoms with van der Waals surface area (Å²) in [5, 5.41) is 15.8. The van der Waals surface area contributed by atoms with Crippen LogP contribution in [0, 0.1) is 5.82 Å². The molecule has 26 heavy (non-hydrogen) atoms. The number of ether oxygens (including phenoxy) is 1. The van der Waals surface area contributed by atoms with E-state index >= 15 is 0 Å². The van der Waals surface area contributed by atoms with Gasteiger partial charge in [-0.15, -0.1) is 5.10 Å². The first kappa shape index (κ1) is 17.2. The van der Waals surface area contributed by atoms with E-state index in [0.717, 1.165) is 21.3 Å². The highest BCUT2D eigenvalue weighted by atomic mass is 32.1. The van der Waals surface area contributed by atoms with Crippen molar-refractivity contribution in [2.75, 3.05) is 31.6 Å². The van der Waals surface area contributed by atoms with Crippen LogP contribution >= 0.6 is 11.3 Å². The van der Waals surface area contributed by atoms with Gasteiger partial charge in [0.2, 0.25) is 10.1 Å². The zero-order chi connectivity index (χ0) is 18.3. The minimum atomic E-state index is -0.777. The zero-order valence-corrected chi connectivity index (χ0v) is 15.2. The Morgan fingerprint density at radius 2 is 2.15 bits per heavy atom. The number of aliphatic hydroxyl groups is 1. The van der Waals surface area contributed by atoms with Gasteiger partial charge in [0.1, 0.15) is 11.6 Å². The van der Waals surface area contributed by atoms with Gasteiger partial charge in [0.15, 0.2) is 0 Å². The number of nitrogens with two attached hydrogens (primary N) is 1. The van der Waals surface area contributed by atoms with Crippen molar-refractivity contribution < 1.29 is 14.2 Å². The number of nitrogens with zero attached hydrogens (tertiary/aromatic N) is 4. The number of fused-ring (bicyclic) bond motifs is 1. The third-order valence-electron chi connectivity index (χ3n) is 4.86. The highest BCUT2D eigenvalue weighted by Gasteiger charge is 2.32. The van der Waals surface area contributed by atoms with Crippen molar-refractivity contribution in [2.45, 2.75) is 18.4 Å². The first-order chi connectivity index (χ1) is 12.5. The molecule has 0 saturated carbocycles. The van der Waals surface area contributed by atoms with E-state index < -0.39 is 5.60 Å². The Balaban J connectivity index is 1.66. The number of aromatic nitrogens is 3. The van der Waals surface area contributed by atoms with E-state index in [9.17, 15) is 9.50 Å². The normalized spacial score (nSPS) is 17.0. The van der Waals surface area contributed by atoms with Crippen LogP contribution in [-0.2, 0) is 0 Å². The quantitative estimate of drug-likeness (QED) is 0.722. The average Bonchev–Trinajstić information content (AvgIpc) is 3.23. The average molecular weight is 377 g/mol. The van der Waals surface area contributed by atoms with Crippen molar-refractivity contribution >= 4 is 21.4 Å². The second-order valence-electron chi connectivity index (χ2n) is 6.48. The first-order valence-corrected chi connectivity index (χ1v) is 9.20. The van der Waals surface area contributed by atoms with Crippen LogP contribution in [0.1, 0.15) is 12.8 Å². The van der Waals surface area contributed by atoms with Gasteiger partial charge >= 0.3 is 0 Å². The predicted octanol–water partition coefficient (Wildman–Crippen LogP) is 1.90. The molecule has 3 N–H and O–H groups in total. The third kappa shape index (κ3) is 2.91. The summed E-state index contributed by atoms with van der Waals surface area (Å²) in [6.45, 7) is 1.66. The minimum Gasteiger partial charge on any atom is -0.496 e. The molecule has 1 aliphatic rings. The van der Waals surface area contributed by atoms with Crippen molar-refractivity contribution in [2.24, 2.45) is 5.73 Å². The van der Waals surface area contributed by atoms with Crippen LogP contribution in [0.3, 0.4) is 0 Å². The molecule has 0 unspecified atom stereocenters. The van der Waals surface area contributed by atoms with Gasteiger partial charge in [-0.3, -0.25) is 0 Å². The number of methoxy groups -OCH3 is 1. The number of imidazole rings is 1. The van der Waals surface area contributed by atoms with E-state index in [1.807, 2.05) is 0 Å². The second kappa shape index (κ2) is 6.49. The Hall–Kier alpha value is -2.23. The van der Waals surface area contributed by atoms with Crippen LogP contribution in [0.5, 0.6) is 5.75 Å². The summed E-state index contributed by atoms with van der Waals surface area (Å²) in [5.74, 6) is 0.0818. The number of hydrogen-bond acceptors (Lipinski definition) is 7. The number of piperidine rings is 1. The van der Waals surface area contributed by atoms with E-state index in [4.69, 9.17) is 10.5 Å². The lowest BCUT2D eigenvalue weighted by molar-refractivity contribution is 0.0249. The van der Waals surface area contributed by atoms with Crippen LogP contribution in [0.25, 0.3) is 16.2 Å². The molecule has 2 aromatic heterocycles. The molecule has 1 aromatic carbocycles. The summed E-state index contributed by atoms with van der Waals surface area (Å²) in [6, 6.07) is 4.40. The van der Waals surface area contributed by atoms with Crippen molar-refractivity contribution in [3.05, 3.63) is 30.2 Å². The Bertz CT molecular complexity index is 933. The molecule has 138 valence electrons. The highest BCUT2D eigenvalue weighted by molar-refractivity contribution is 7.20. The summed E-state index contributed by atoms with van der Waals surface area (Å²) in [4.78, 5) is 7.31.